The zero-order valence-corrected chi connectivity index (χ0v) is 14.8. The summed E-state index contributed by atoms with van der Waals surface area (Å²) in [6.45, 7) is 18.2. The number of rotatable bonds is 4. The van der Waals surface area contributed by atoms with Gasteiger partial charge in [0.2, 0.25) is 0 Å². The predicted octanol–water partition coefficient (Wildman–Crippen LogP) is 0.0969. The first-order chi connectivity index (χ1) is 10.4. The van der Waals surface area contributed by atoms with E-state index in [-0.39, 0.29) is 5.60 Å². The lowest BCUT2D eigenvalue weighted by Crippen LogP contribution is -2.49. The minimum Gasteiger partial charge on any atom is -0.462 e. The molecule has 0 amide bonds. The Labute approximate surface area is 135 Å². The van der Waals surface area contributed by atoms with Crippen LogP contribution in [0.5, 0.6) is 0 Å². The molecule has 2 fully saturated rings. The van der Waals surface area contributed by atoms with Crippen molar-refractivity contribution in [1.29, 1.82) is 0 Å². The van der Waals surface area contributed by atoms with Gasteiger partial charge < -0.3 is 15.0 Å². The Bertz CT molecular complexity index is 293. The third-order valence-corrected chi connectivity index (χ3v) is 3.94. The van der Waals surface area contributed by atoms with Gasteiger partial charge in [-0.1, -0.05) is 0 Å². The van der Waals surface area contributed by atoms with E-state index in [0.717, 1.165) is 0 Å². The molecule has 0 radical (unpaired) electrons. The fraction of sp³-hybridized carbons (Fsp3) is 0.938. The third kappa shape index (κ3) is 9.35. The smallest absolute Gasteiger partial charge is 0.293 e. The van der Waals surface area contributed by atoms with Crippen LogP contribution >= 0.6 is 0 Å². The predicted molar refractivity (Wildman–Crippen MR) is 90.1 cm³/mol. The lowest BCUT2D eigenvalue weighted by atomic mass is 10.2. The van der Waals surface area contributed by atoms with Gasteiger partial charge in [0.15, 0.2) is 0 Å². The van der Waals surface area contributed by atoms with Gasteiger partial charge in [0.05, 0.1) is 0 Å². The molecule has 6 nitrogen and oxygen atoms in total. The lowest BCUT2D eigenvalue weighted by Gasteiger charge is -2.34. The molecule has 0 aromatic rings. The number of hydrogen-bond donors (Lipinski definition) is 1. The number of hydrogen-bond acceptors (Lipinski definition) is 6. The van der Waals surface area contributed by atoms with E-state index in [0.29, 0.717) is 6.47 Å². The Hall–Kier alpha value is -0.690. The highest BCUT2D eigenvalue weighted by Gasteiger charge is 2.15. The molecule has 0 aromatic heterocycles. The van der Waals surface area contributed by atoms with Crippen molar-refractivity contribution >= 4 is 6.47 Å². The van der Waals surface area contributed by atoms with Crippen molar-refractivity contribution in [2.45, 2.75) is 26.4 Å². The number of carbonyl (C=O) groups excluding carboxylic acids is 1. The summed E-state index contributed by atoms with van der Waals surface area (Å²) >= 11 is 0. The molecule has 2 aliphatic rings. The molecule has 1 N–H and O–H groups in total. The normalized spacial score (nSPS) is 21.8. The number of nitrogens with one attached hydrogen (secondary N) is 1. The molecule has 0 atom stereocenters. The number of likely N-dealkylation sites (N-methyl/N-ethyl adjacent to an activating group) is 1. The summed E-state index contributed by atoms with van der Waals surface area (Å²) in [5, 5.41) is 3.40. The van der Waals surface area contributed by atoms with Crippen molar-refractivity contribution in [2.75, 3.05) is 72.5 Å². The second kappa shape index (κ2) is 10.2. The Morgan fingerprint density at radius 1 is 0.955 bits per heavy atom. The van der Waals surface area contributed by atoms with Gasteiger partial charge in [0.25, 0.3) is 6.47 Å². The molecule has 0 spiro atoms. The largest absolute Gasteiger partial charge is 0.462 e. The zero-order valence-electron chi connectivity index (χ0n) is 14.8. The van der Waals surface area contributed by atoms with Crippen LogP contribution in [0.2, 0.25) is 0 Å². The minimum absolute atomic E-state index is 0.318. The second-order valence-corrected chi connectivity index (χ2v) is 7.06. The van der Waals surface area contributed by atoms with E-state index in [1.165, 1.54) is 65.4 Å². The molecule has 2 rings (SSSR count). The topological polar surface area (TPSA) is 48.1 Å². The molecular weight excluding hydrogens is 280 g/mol. The van der Waals surface area contributed by atoms with Crippen molar-refractivity contribution in [1.82, 2.24) is 20.0 Å². The second-order valence-electron chi connectivity index (χ2n) is 7.06. The number of piperazine rings is 2. The first kappa shape index (κ1) is 19.4. The van der Waals surface area contributed by atoms with E-state index in [1.807, 2.05) is 20.8 Å². The van der Waals surface area contributed by atoms with Crippen molar-refractivity contribution in [2.24, 2.45) is 0 Å². The maximum atomic E-state index is 9.60. The molecule has 0 aromatic carbocycles. The first-order valence-electron chi connectivity index (χ1n) is 8.36. The lowest BCUT2D eigenvalue weighted by molar-refractivity contribution is -0.138. The highest BCUT2D eigenvalue weighted by Crippen LogP contribution is 2.02. The SMILES string of the molecule is CC(C)(C)OC=O.CN1CCN(CCN2CCNCC2)CC1. The van der Waals surface area contributed by atoms with Crippen LogP contribution in [-0.2, 0) is 9.53 Å². The molecule has 0 unspecified atom stereocenters. The summed E-state index contributed by atoms with van der Waals surface area (Å²) < 4.78 is 4.55. The molecule has 2 heterocycles. The van der Waals surface area contributed by atoms with Crippen LogP contribution in [0.25, 0.3) is 0 Å². The molecule has 0 bridgehead atoms. The fourth-order valence-corrected chi connectivity index (χ4v) is 2.43. The van der Waals surface area contributed by atoms with Crippen LogP contribution in [0.15, 0.2) is 0 Å². The van der Waals surface area contributed by atoms with Crippen molar-refractivity contribution in [3.05, 3.63) is 0 Å². The van der Waals surface area contributed by atoms with Crippen molar-refractivity contribution in [3.8, 4) is 0 Å². The Kier molecular flexibility index (Phi) is 8.93. The van der Waals surface area contributed by atoms with Gasteiger partial charge in [-0.25, -0.2) is 0 Å². The van der Waals surface area contributed by atoms with Gasteiger partial charge in [0, 0.05) is 65.4 Å². The van der Waals surface area contributed by atoms with E-state index < -0.39 is 0 Å². The van der Waals surface area contributed by atoms with Gasteiger partial charge >= 0.3 is 0 Å². The summed E-state index contributed by atoms with van der Waals surface area (Å²) in [5.41, 5.74) is -0.318. The zero-order chi connectivity index (χ0) is 16.4. The summed E-state index contributed by atoms with van der Waals surface area (Å²) in [7, 11) is 2.22. The van der Waals surface area contributed by atoms with Crippen LogP contribution in [-0.4, -0.2) is 99.3 Å². The van der Waals surface area contributed by atoms with Crippen molar-refractivity contribution in [3.63, 3.8) is 0 Å². The van der Waals surface area contributed by atoms with E-state index in [4.69, 9.17) is 0 Å². The van der Waals surface area contributed by atoms with Gasteiger partial charge in [-0.05, 0) is 27.8 Å². The van der Waals surface area contributed by atoms with Crippen LogP contribution in [0.4, 0.5) is 0 Å². The monoisotopic (exact) mass is 314 g/mol. The molecule has 0 aliphatic carbocycles. The van der Waals surface area contributed by atoms with Crippen LogP contribution in [0.1, 0.15) is 20.8 Å². The Morgan fingerprint density at radius 2 is 1.45 bits per heavy atom. The summed E-state index contributed by atoms with van der Waals surface area (Å²) in [4.78, 5) is 17.2. The molecule has 130 valence electrons. The highest BCUT2D eigenvalue weighted by molar-refractivity contribution is 5.37. The average Bonchev–Trinajstić information content (AvgIpc) is 2.47. The summed E-state index contributed by atoms with van der Waals surface area (Å²) in [5.74, 6) is 0. The van der Waals surface area contributed by atoms with E-state index in [9.17, 15) is 4.79 Å². The third-order valence-electron chi connectivity index (χ3n) is 3.94. The van der Waals surface area contributed by atoms with E-state index in [1.54, 1.807) is 0 Å². The Balaban J connectivity index is 0.000000295. The van der Waals surface area contributed by atoms with Crippen LogP contribution < -0.4 is 5.32 Å². The highest BCUT2D eigenvalue weighted by atomic mass is 16.5. The molecule has 2 aliphatic heterocycles. The van der Waals surface area contributed by atoms with E-state index >= 15 is 0 Å². The molecule has 22 heavy (non-hydrogen) atoms. The maximum absolute atomic E-state index is 9.60. The van der Waals surface area contributed by atoms with E-state index in [2.05, 4.69) is 31.8 Å². The number of ether oxygens (including phenoxy) is 1. The maximum Gasteiger partial charge on any atom is 0.293 e. The molecular formula is C16H34N4O2. The van der Waals surface area contributed by atoms with Crippen LogP contribution in [0.3, 0.4) is 0 Å². The summed E-state index contributed by atoms with van der Waals surface area (Å²) in [6.07, 6.45) is 0. The van der Waals surface area contributed by atoms with Crippen molar-refractivity contribution < 1.29 is 9.53 Å². The van der Waals surface area contributed by atoms with Gasteiger partial charge in [-0.3, -0.25) is 14.6 Å². The molecule has 6 heteroatoms. The summed E-state index contributed by atoms with van der Waals surface area (Å²) in [6, 6.07) is 0. The van der Waals surface area contributed by atoms with Crippen LogP contribution in [0, 0.1) is 0 Å². The van der Waals surface area contributed by atoms with Gasteiger partial charge in [-0.15, -0.1) is 0 Å². The fourth-order valence-electron chi connectivity index (χ4n) is 2.43. The first-order valence-corrected chi connectivity index (χ1v) is 8.36. The Morgan fingerprint density at radius 3 is 1.86 bits per heavy atom. The molecule has 2 saturated heterocycles. The minimum atomic E-state index is -0.318. The van der Waals surface area contributed by atoms with Gasteiger partial charge in [-0.2, -0.15) is 0 Å². The molecule has 0 saturated carbocycles. The standard InChI is InChI=1S/C11H24N4.C5H10O2/c1-13-6-8-15(9-7-13)11-10-14-4-2-12-3-5-14;1-5(2,3)7-4-6/h12H,2-11H2,1H3;4H,1-3H3. The number of nitrogens with zero attached hydrogens (tertiary/aromatic N) is 3. The number of carbonyl (C=O) groups is 1. The average molecular weight is 314 g/mol. The van der Waals surface area contributed by atoms with Gasteiger partial charge in [0.1, 0.15) is 5.60 Å². The quantitative estimate of drug-likeness (QED) is 0.743.